The van der Waals surface area contributed by atoms with Gasteiger partial charge in [0.2, 0.25) is 0 Å². The lowest BCUT2D eigenvalue weighted by Crippen LogP contribution is -2.12. The first-order valence-electron chi connectivity index (χ1n) is 12.8. The van der Waals surface area contributed by atoms with Gasteiger partial charge in [0.1, 0.15) is 0 Å². The molecule has 1 fully saturated rings. The quantitative estimate of drug-likeness (QED) is 0.332. The van der Waals surface area contributed by atoms with Gasteiger partial charge in [0.25, 0.3) is 0 Å². The van der Waals surface area contributed by atoms with Gasteiger partial charge in [-0.3, -0.25) is 0 Å². The van der Waals surface area contributed by atoms with Crippen LogP contribution >= 0.6 is 0 Å². The van der Waals surface area contributed by atoms with Crippen LogP contribution in [0.2, 0.25) is 0 Å². The summed E-state index contributed by atoms with van der Waals surface area (Å²) < 4.78 is 0. The third-order valence-electron chi connectivity index (χ3n) is 7.68. The first-order valence-corrected chi connectivity index (χ1v) is 12.8. The maximum Gasteiger partial charge on any atom is -0.0159 e. The minimum Gasteiger partial charge on any atom is -0.0625 e. The van der Waals surface area contributed by atoms with Crippen molar-refractivity contribution in [3.05, 3.63) is 94.0 Å². The standard InChI is InChI=1S/C32H40/c1-23-9-14-29(15-10-23)31-19-18-28(25(3)22-31)8-6-5-7-27-13-20-32(26(4)21-27)30-16-11-24(2)12-17-30/h9-10,13-15,18-22,24,30H,5-8,11-12,16-17H2,1-4H3. The molecule has 4 rings (SSSR count). The minimum atomic E-state index is 0.797. The minimum absolute atomic E-state index is 0.797. The zero-order valence-electron chi connectivity index (χ0n) is 20.6. The fraction of sp³-hybridized carbons (Fsp3) is 0.438. The summed E-state index contributed by atoms with van der Waals surface area (Å²) in [6.45, 7) is 9.15. The van der Waals surface area contributed by atoms with Crippen molar-refractivity contribution in [3.63, 3.8) is 0 Å². The van der Waals surface area contributed by atoms with Crippen LogP contribution in [0.4, 0.5) is 0 Å². The van der Waals surface area contributed by atoms with E-state index in [0.29, 0.717) is 0 Å². The summed E-state index contributed by atoms with van der Waals surface area (Å²) in [6.07, 6.45) is 10.5. The van der Waals surface area contributed by atoms with Crippen LogP contribution in [0.15, 0.2) is 60.7 Å². The fourth-order valence-electron chi connectivity index (χ4n) is 5.47. The van der Waals surface area contributed by atoms with Gasteiger partial charge in [0.05, 0.1) is 0 Å². The van der Waals surface area contributed by atoms with Crippen LogP contribution in [0.3, 0.4) is 0 Å². The smallest absolute Gasteiger partial charge is 0.0159 e. The average Bonchev–Trinajstić information content (AvgIpc) is 2.79. The summed E-state index contributed by atoms with van der Waals surface area (Å²) in [4.78, 5) is 0. The van der Waals surface area contributed by atoms with Crippen LogP contribution in [0, 0.1) is 26.7 Å². The Balaban J connectivity index is 1.28. The first-order chi connectivity index (χ1) is 15.5. The van der Waals surface area contributed by atoms with Crippen molar-refractivity contribution < 1.29 is 0 Å². The van der Waals surface area contributed by atoms with E-state index in [4.69, 9.17) is 0 Å². The van der Waals surface area contributed by atoms with Gasteiger partial charge in [-0.25, -0.2) is 0 Å². The molecule has 0 aromatic heterocycles. The number of rotatable bonds is 7. The molecule has 0 amide bonds. The second-order valence-electron chi connectivity index (χ2n) is 10.4. The first kappa shape index (κ1) is 22.8. The molecule has 0 heteroatoms. The highest BCUT2D eigenvalue weighted by Gasteiger charge is 2.20. The molecule has 1 aliphatic carbocycles. The van der Waals surface area contributed by atoms with Gasteiger partial charge in [0, 0.05) is 0 Å². The van der Waals surface area contributed by atoms with Gasteiger partial charge >= 0.3 is 0 Å². The van der Waals surface area contributed by atoms with Crippen LogP contribution in [-0.2, 0) is 12.8 Å². The maximum absolute atomic E-state index is 2.47. The molecule has 0 heterocycles. The van der Waals surface area contributed by atoms with E-state index < -0.39 is 0 Å². The highest BCUT2D eigenvalue weighted by Crippen LogP contribution is 2.37. The Labute approximate surface area is 196 Å². The lowest BCUT2D eigenvalue weighted by Gasteiger charge is -2.27. The van der Waals surface area contributed by atoms with Crippen molar-refractivity contribution in [3.8, 4) is 11.1 Å². The van der Waals surface area contributed by atoms with Gasteiger partial charge in [-0.1, -0.05) is 86.0 Å². The van der Waals surface area contributed by atoms with E-state index in [1.165, 1.54) is 90.3 Å². The molecule has 0 nitrogen and oxygen atoms in total. The van der Waals surface area contributed by atoms with E-state index in [-0.39, 0.29) is 0 Å². The van der Waals surface area contributed by atoms with Crippen molar-refractivity contribution in [2.75, 3.05) is 0 Å². The molecule has 3 aromatic rings. The average molecular weight is 425 g/mol. The molecule has 32 heavy (non-hydrogen) atoms. The number of benzene rings is 3. The van der Waals surface area contributed by atoms with Crippen LogP contribution in [-0.4, -0.2) is 0 Å². The summed E-state index contributed by atoms with van der Waals surface area (Å²) >= 11 is 0. The number of aryl methyl sites for hydroxylation is 5. The van der Waals surface area contributed by atoms with Gasteiger partial charge in [-0.2, -0.15) is 0 Å². The van der Waals surface area contributed by atoms with E-state index in [0.717, 1.165) is 11.8 Å². The van der Waals surface area contributed by atoms with Gasteiger partial charge in [-0.05, 0) is 110 Å². The Hall–Kier alpha value is -2.34. The molecule has 3 aromatic carbocycles. The highest BCUT2D eigenvalue weighted by molar-refractivity contribution is 5.65. The summed E-state index contributed by atoms with van der Waals surface area (Å²) in [5, 5.41) is 0. The third kappa shape index (κ3) is 5.71. The van der Waals surface area contributed by atoms with E-state index in [1.54, 1.807) is 5.56 Å². The third-order valence-corrected chi connectivity index (χ3v) is 7.68. The van der Waals surface area contributed by atoms with E-state index in [1.807, 2.05) is 0 Å². The van der Waals surface area contributed by atoms with Crippen molar-refractivity contribution in [2.24, 2.45) is 5.92 Å². The van der Waals surface area contributed by atoms with Crippen LogP contribution in [0.1, 0.15) is 84.7 Å². The Morgan fingerprint density at radius 1 is 0.656 bits per heavy atom. The summed E-state index contributed by atoms with van der Waals surface area (Å²) in [5.74, 6) is 1.72. The lowest BCUT2D eigenvalue weighted by atomic mass is 9.78. The van der Waals surface area contributed by atoms with Gasteiger partial charge in [-0.15, -0.1) is 0 Å². The SMILES string of the molecule is Cc1ccc(-c2ccc(CCCCc3ccc(C4CCC(C)CC4)c(C)c3)c(C)c2)cc1. The summed E-state index contributed by atoms with van der Waals surface area (Å²) in [7, 11) is 0. The molecular weight excluding hydrogens is 384 g/mol. The Morgan fingerprint density at radius 2 is 1.34 bits per heavy atom. The Kier molecular flexibility index (Phi) is 7.51. The summed E-state index contributed by atoms with van der Waals surface area (Å²) in [5.41, 5.74) is 11.5. The molecule has 0 atom stereocenters. The Morgan fingerprint density at radius 3 is 2.03 bits per heavy atom. The normalized spacial score (nSPS) is 18.6. The highest BCUT2D eigenvalue weighted by atomic mass is 14.3. The molecule has 0 unspecified atom stereocenters. The number of hydrogen-bond donors (Lipinski definition) is 0. The zero-order valence-corrected chi connectivity index (χ0v) is 20.6. The molecular formula is C32H40. The molecule has 1 saturated carbocycles. The topological polar surface area (TPSA) is 0 Å². The molecule has 0 saturated heterocycles. The fourth-order valence-corrected chi connectivity index (χ4v) is 5.47. The largest absolute Gasteiger partial charge is 0.0625 e. The van der Waals surface area contributed by atoms with Crippen molar-refractivity contribution in [2.45, 2.75) is 85.0 Å². The van der Waals surface area contributed by atoms with Crippen LogP contribution < -0.4 is 0 Å². The molecule has 0 bridgehead atoms. The van der Waals surface area contributed by atoms with E-state index in [2.05, 4.69) is 88.4 Å². The summed E-state index contributed by atoms with van der Waals surface area (Å²) in [6, 6.07) is 23.2. The van der Waals surface area contributed by atoms with E-state index >= 15 is 0 Å². The predicted octanol–water partition coefficient (Wildman–Crippen LogP) is 9.14. The van der Waals surface area contributed by atoms with Crippen LogP contribution in [0.25, 0.3) is 11.1 Å². The van der Waals surface area contributed by atoms with E-state index in [9.17, 15) is 0 Å². The van der Waals surface area contributed by atoms with Crippen molar-refractivity contribution in [1.82, 2.24) is 0 Å². The monoisotopic (exact) mass is 424 g/mol. The van der Waals surface area contributed by atoms with Crippen LogP contribution in [0.5, 0.6) is 0 Å². The zero-order chi connectivity index (χ0) is 22.5. The second kappa shape index (κ2) is 10.5. The molecule has 0 radical (unpaired) electrons. The molecule has 0 aliphatic heterocycles. The maximum atomic E-state index is 2.47. The molecule has 0 spiro atoms. The second-order valence-corrected chi connectivity index (χ2v) is 10.4. The van der Waals surface area contributed by atoms with Gasteiger partial charge in [0.15, 0.2) is 0 Å². The van der Waals surface area contributed by atoms with Crippen molar-refractivity contribution >= 4 is 0 Å². The number of unbranched alkanes of at least 4 members (excludes halogenated alkanes) is 1. The van der Waals surface area contributed by atoms with Gasteiger partial charge < -0.3 is 0 Å². The Bertz CT molecular complexity index is 1020. The predicted molar refractivity (Wildman–Crippen MR) is 140 cm³/mol. The molecule has 0 N–H and O–H groups in total. The lowest BCUT2D eigenvalue weighted by molar-refractivity contribution is 0.347. The number of hydrogen-bond acceptors (Lipinski definition) is 0. The molecule has 168 valence electrons. The van der Waals surface area contributed by atoms with Crippen molar-refractivity contribution in [1.29, 1.82) is 0 Å². The molecule has 1 aliphatic rings.